The van der Waals surface area contributed by atoms with Gasteiger partial charge in [-0.3, -0.25) is 9.08 Å². The van der Waals surface area contributed by atoms with E-state index in [9.17, 15) is 0 Å². The van der Waals surface area contributed by atoms with Gasteiger partial charge in [0.15, 0.2) is 5.82 Å². The van der Waals surface area contributed by atoms with Crippen LogP contribution in [0.4, 0.5) is 11.6 Å². The van der Waals surface area contributed by atoms with Crippen molar-refractivity contribution in [3.8, 4) is 0 Å². The summed E-state index contributed by atoms with van der Waals surface area (Å²) in [5.41, 5.74) is 12.8. The zero-order chi connectivity index (χ0) is 25.1. The van der Waals surface area contributed by atoms with Crippen LogP contribution in [0.15, 0.2) is 55.4 Å². The van der Waals surface area contributed by atoms with Crippen molar-refractivity contribution < 1.29 is 0 Å². The molecule has 1 saturated carbocycles. The summed E-state index contributed by atoms with van der Waals surface area (Å²) in [7, 11) is 0. The van der Waals surface area contributed by atoms with E-state index in [1.54, 1.807) is 6.20 Å². The third kappa shape index (κ3) is 3.83. The molecule has 0 spiro atoms. The maximum Gasteiger partial charge on any atom is 0.233 e. The summed E-state index contributed by atoms with van der Waals surface area (Å²) in [6, 6.07) is 6.12. The average molecular weight is 490 g/mol. The molecule has 9 heteroatoms. The molecular formula is C28H27N9. The topological polar surface area (TPSA) is 112 Å². The lowest BCUT2D eigenvalue weighted by Gasteiger charge is -2.15. The number of benzene rings is 1. The minimum Gasteiger partial charge on any atom is -0.383 e. The van der Waals surface area contributed by atoms with Gasteiger partial charge >= 0.3 is 0 Å². The number of rotatable bonds is 6. The lowest BCUT2D eigenvalue weighted by molar-refractivity contribution is 0.684. The summed E-state index contributed by atoms with van der Waals surface area (Å²) in [5, 5.41) is 11.5. The van der Waals surface area contributed by atoms with Crippen LogP contribution in [0.5, 0.6) is 0 Å². The molecule has 1 aliphatic carbocycles. The SMILES string of the molecule is Cc1cc2c(N)nccc2c(C)c1CNc1nccc2cn(Cc3cn4cc(C5CC5)cnc4n3)nc12. The Bertz CT molecular complexity index is 1810. The molecule has 5 heterocycles. The molecule has 0 saturated heterocycles. The maximum atomic E-state index is 6.12. The molecule has 7 rings (SSSR count). The van der Waals surface area contributed by atoms with Crippen LogP contribution in [0.25, 0.3) is 27.5 Å². The first-order valence-corrected chi connectivity index (χ1v) is 12.6. The molecular weight excluding hydrogens is 462 g/mol. The summed E-state index contributed by atoms with van der Waals surface area (Å²) in [6.45, 7) is 5.44. The highest BCUT2D eigenvalue weighted by molar-refractivity contribution is 5.94. The fourth-order valence-electron chi connectivity index (χ4n) is 5.20. The molecule has 1 fully saturated rings. The zero-order valence-electron chi connectivity index (χ0n) is 20.8. The van der Waals surface area contributed by atoms with Gasteiger partial charge in [-0.2, -0.15) is 5.10 Å². The lowest BCUT2D eigenvalue weighted by Crippen LogP contribution is -2.07. The molecule has 1 aromatic carbocycles. The molecule has 184 valence electrons. The van der Waals surface area contributed by atoms with Gasteiger partial charge in [0.05, 0.1) is 12.2 Å². The summed E-state index contributed by atoms with van der Waals surface area (Å²) in [5.74, 6) is 2.70. The van der Waals surface area contributed by atoms with Crippen LogP contribution in [0.3, 0.4) is 0 Å². The Morgan fingerprint density at radius 1 is 1.03 bits per heavy atom. The van der Waals surface area contributed by atoms with Gasteiger partial charge in [0, 0.05) is 54.5 Å². The highest BCUT2D eigenvalue weighted by Gasteiger charge is 2.24. The molecule has 9 nitrogen and oxygen atoms in total. The molecule has 37 heavy (non-hydrogen) atoms. The van der Waals surface area contributed by atoms with Crippen LogP contribution in [0, 0.1) is 13.8 Å². The van der Waals surface area contributed by atoms with Crippen LogP contribution in [-0.2, 0) is 13.1 Å². The van der Waals surface area contributed by atoms with E-state index in [-0.39, 0.29) is 0 Å². The Labute approximate surface area is 213 Å². The highest BCUT2D eigenvalue weighted by atomic mass is 15.3. The van der Waals surface area contributed by atoms with Gasteiger partial charge in [-0.25, -0.2) is 19.9 Å². The van der Waals surface area contributed by atoms with E-state index in [2.05, 4.69) is 46.4 Å². The second-order valence-electron chi connectivity index (χ2n) is 9.97. The van der Waals surface area contributed by atoms with Crippen molar-refractivity contribution >= 4 is 39.1 Å². The second-order valence-corrected chi connectivity index (χ2v) is 9.97. The van der Waals surface area contributed by atoms with Gasteiger partial charge in [-0.15, -0.1) is 0 Å². The molecule has 1 aliphatic rings. The molecule has 6 aromatic rings. The van der Waals surface area contributed by atoms with E-state index >= 15 is 0 Å². The van der Waals surface area contributed by atoms with Crippen LogP contribution >= 0.6 is 0 Å². The number of anilines is 2. The second kappa shape index (κ2) is 8.26. The van der Waals surface area contributed by atoms with Gasteiger partial charge in [-0.05, 0) is 78.4 Å². The first-order valence-electron chi connectivity index (χ1n) is 12.6. The van der Waals surface area contributed by atoms with Crippen LogP contribution in [0.1, 0.15) is 46.7 Å². The molecule has 5 aromatic heterocycles. The quantitative estimate of drug-likeness (QED) is 0.347. The normalized spacial score (nSPS) is 13.7. The number of nitrogens with one attached hydrogen (secondary N) is 1. The fraction of sp³-hybridized carbons (Fsp3) is 0.250. The predicted octanol–water partition coefficient (Wildman–Crippen LogP) is 4.76. The number of aryl methyl sites for hydroxylation is 2. The molecule has 3 N–H and O–H groups in total. The Hall–Kier alpha value is -4.53. The Morgan fingerprint density at radius 2 is 1.89 bits per heavy atom. The van der Waals surface area contributed by atoms with Gasteiger partial charge in [0.25, 0.3) is 0 Å². The lowest BCUT2D eigenvalue weighted by atomic mass is 9.96. The predicted molar refractivity (Wildman–Crippen MR) is 145 cm³/mol. The number of fused-ring (bicyclic) bond motifs is 3. The fourth-order valence-corrected chi connectivity index (χ4v) is 5.20. The number of hydrogen-bond acceptors (Lipinski definition) is 7. The molecule has 0 bridgehead atoms. The molecule has 0 radical (unpaired) electrons. The Morgan fingerprint density at radius 3 is 2.76 bits per heavy atom. The third-order valence-corrected chi connectivity index (χ3v) is 7.37. The molecule has 0 unspecified atom stereocenters. The van der Waals surface area contributed by atoms with Gasteiger partial charge in [0.1, 0.15) is 11.3 Å². The standard InChI is InChI=1S/C28H27N9/c1-16-9-23-22(6-8-30-26(23)29)17(2)24(16)11-32-27-25-19(5-7-31-27)13-37(35-25)15-21-14-36-12-20(18-3-4-18)10-33-28(36)34-21/h5-10,12-14,18H,3-4,11,15H2,1-2H3,(H2,29,30)(H,31,32). The van der Waals surface area contributed by atoms with E-state index in [1.807, 2.05) is 46.0 Å². The zero-order valence-corrected chi connectivity index (χ0v) is 20.8. The minimum absolute atomic E-state index is 0.560. The van der Waals surface area contributed by atoms with Gasteiger partial charge in [-0.1, -0.05) is 0 Å². The maximum absolute atomic E-state index is 6.12. The number of nitrogens with zero attached hydrogens (tertiary/aromatic N) is 7. The number of hydrogen-bond donors (Lipinski definition) is 2. The van der Waals surface area contributed by atoms with E-state index in [4.69, 9.17) is 15.8 Å². The van der Waals surface area contributed by atoms with Crippen molar-refractivity contribution in [2.75, 3.05) is 11.1 Å². The van der Waals surface area contributed by atoms with E-state index in [0.717, 1.165) is 39.0 Å². The third-order valence-electron chi connectivity index (χ3n) is 7.37. The van der Waals surface area contributed by atoms with E-state index in [0.29, 0.717) is 24.8 Å². The summed E-state index contributed by atoms with van der Waals surface area (Å²) in [6.07, 6.45) is 14.3. The Kier molecular flexibility index (Phi) is 4.85. The smallest absolute Gasteiger partial charge is 0.233 e. The highest BCUT2D eigenvalue weighted by Crippen LogP contribution is 2.39. The van der Waals surface area contributed by atoms with Gasteiger partial charge in [0.2, 0.25) is 5.78 Å². The van der Waals surface area contributed by atoms with Crippen molar-refractivity contribution in [1.82, 2.24) is 34.1 Å². The largest absolute Gasteiger partial charge is 0.383 e. The molecule has 0 amide bonds. The monoisotopic (exact) mass is 489 g/mol. The van der Waals surface area contributed by atoms with Crippen molar-refractivity contribution in [2.45, 2.75) is 45.7 Å². The van der Waals surface area contributed by atoms with Crippen molar-refractivity contribution in [3.63, 3.8) is 0 Å². The summed E-state index contributed by atoms with van der Waals surface area (Å²) >= 11 is 0. The number of nitrogens with two attached hydrogens (primary N) is 1. The first kappa shape index (κ1) is 21.7. The summed E-state index contributed by atoms with van der Waals surface area (Å²) in [4.78, 5) is 18.1. The molecule has 0 aliphatic heterocycles. The first-order chi connectivity index (χ1) is 18.0. The summed E-state index contributed by atoms with van der Waals surface area (Å²) < 4.78 is 3.95. The van der Waals surface area contributed by atoms with E-state index in [1.165, 1.54) is 35.1 Å². The molecule has 0 atom stereocenters. The Balaban J connectivity index is 1.16. The van der Waals surface area contributed by atoms with Crippen LogP contribution < -0.4 is 11.1 Å². The number of aromatic nitrogens is 7. The van der Waals surface area contributed by atoms with Crippen LogP contribution in [0.2, 0.25) is 0 Å². The van der Waals surface area contributed by atoms with Gasteiger partial charge < -0.3 is 11.1 Å². The average Bonchev–Trinajstić information content (AvgIpc) is 3.53. The number of imidazole rings is 1. The minimum atomic E-state index is 0.560. The van der Waals surface area contributed by atoms with E-state index < -0.39 is 0 Å². The number of nitrogen functional groups attached to an aromatic ring is 1. The van der Waals surface area contributed by atoms with Crippen molar-refractivity contribution in [3.05, 3.63) is 83.3 Å². The van der Waals surface area contributed by atoms with Crippen LogP contribution in [-0.4, -0.2) is 34.1 Å². The van der Waals surface area contributed by atoms with Crippen molar-refractivity contribution in [1.29, 1.82) is 0 Å². The van der Waals surface area contributed by atoms with Crippen molar-refractivity contribution in [2.24, 2.45) is 0 Å². The number of pyridine rings is 2.